The van der Waals surface area contributed by atoms with Crippen molar-refractivity contribution in [2.75, 3.05) is 33.4 Å². The Morgan fingerprint density at radius 2 is 2.47 bits per heavy atom. The number of ether oxygens (including phenoxy) is 2. The molecule has 1 atom stereocenters. The Hall–Kier alpha value is -1.53. The zero-order valence-corrected chi connectivity index (χ0v) is 11.3. The second kappa shape index (κ2) is 6.58. The van der Waals surface area contributed by atoms with Crippen molar-refractivity contribution in [1.29, 1.82) is 0 Å². The minimum absolute atomic E-state index is 0.0859. The molecule has 0 radical (unpaired) electrons. The average Bonchev–Trinajstić information content (AvgIpc) is 2.45. The highest BCUT2D eigenvalue weighted by molar-refractivity contribution is 5.76. The molecule has 1 fully saturated rings. The van der Waals surface area contributed by atoms with Crippen LogP contribution < -0.4 is 0 Å². The van der Waals surface area contributed by atoms with Crippen LogP contribution in [0.1, 0.15) is 24.0 Å². The molecule has 1 aliphatic heterocycles. The van der Waals surface area contributed by atoms with Gasteiger partial charge < -0.3 is 14.4 Å². The van der Waals surface area contributed by atoms with E-state index in [0.717, 1.165) is 5.69 Å². The summed E-state index contributed by atoms with van der Waals surface area (Å²) in [6.07, 6.45) is 1.88. The van der Waals surface area contributed by atoms with Gasteiger partial charge in [0.15, 0.2) is 5.82 Å². The van der Waals surface area contributed by atoms with E-state index < -0.39 is 0 Å². The number of amides is 1. The third kappa shape index (κ3) is 3.71. The molecule has 6 heteroatoms. The first-order valence-electron chi connectivity index (χ1n) is 6.38. The number of hydrogen-bond donors (Lipinski definition) is 0. The quantitative estimate of drug-likeness (QED) is 0.802. The summed E-state index contributed by atoms with van der Waals surface area (Å²) in [6, 6.07) is 1.84. The van der Waals surface area contributed by atoms with Crippen LogP contribution in [0.25, 0.3) is 0 Å². The van der Waals surface area contributed by atoms with E-state index in [1.54, 1.807) is 18.2 Å². The van der Waals surface area contributed by atoms with E-state index in [9.17, 15) is 4.79 Å². The highest BCUT2D eigenvalue weighted by Crippen LogP contribution is 2.19. The van der Waals surface area contributed by atoms with Crippen LogP contribution in [0, 0.1) is 6.92 Å². The zero-order chi connectivity index (χ0) is 13.7. The van der Waals surface area contributed by atoms with Crippen LogP contribution in [-0.2, 0) is 14.3 Å². The fraction of sp³-hybridized carbons (Fsp3) is 0.615. The summed E-state index contributed by atoms with van der Waals surface area (Å²) in [5.41, 5.74) is 0.899. The lowest BCUT2D eigenvalue weighted by Gasteiger charge is -2.32. The number of rotatable bonds is 4. The molecule has 0 spiro atoms. The largest absolute Gasteiger partial charge is 0.384 e. The van der Waals surface area contributed by atoms with E-state index in [2.05, 4.69) is 9.97 Å². The fourth-order valence-corrected chi connectivity index (χ4v) is 2.00. The van der Waals surface area contributed by atoms with Crippen LogP contribution in [0.3, 0.4) is 0 Å². The van der Waals surface area contributed by atoms with Crippen molar-refractivity contribution in [2.45, 2.75) is 19.4 Å². The summed E-state index contributed by atoms with van der Waals surface area (Å²) in [4.78, 5) is 22.3. The van der Waals surface area contributed by atoms with Gasteiger partial charge in [-0.3, -0.25) is 4.79 Å². The summed E-state index contributed by atoms with van der Waals surface area (Å²) >= 11 is 0. The molecule has 2 heterocycles. The number of nitrogens with zero attached hydrogens (tertiary/aromatic N) is 3. The number of methoxy groups -OCH3 is 1. The third-order valence-electron chi connectivity index (χ3n) is 3.04. The minimum Gasteiger partial charge on any atom is -0.384 e. The Bertz CT molecular complexity index is 439. The molecule has 2 rings (SSSR count). The lowest BCUT2D eigenvalue weighted by molar-refractivity contribution is -0.140. The van der Waals surface area contributed by atoms with E-state index in [-0.39, 0.29) is 12.0 Å². The van der Waals surface area contributed by atoms with E-state index >= 15 is 0 Å². The first-order chi connectivity index (χ1) is 9.20. The minimum atomic E-state index is -0.236. The number of aromatic nitrogens is 2. The molecule has 0 bridgehead atoms. The molecule has 1 aliphatic rings. The van der Waals surface area contributed by atoms with Crippen LogP contribution in [0.4, 0.5) is 0 Å². The Balaban J connectivity index is 1.99. The fourth-order valence-electron chi connectivity index (χ4n) is 2.00. The van der Waals surface area contributed by atoms with Crippen molar-refractivity contribution >= 4 is 5.91 Å². The number of morpholine rings is 1. The molecule has 1 unspecified atom stereocenters. The van der Waals surface area contributed by atoms with Crippen LogP contribution in [0.5, 0.6) is 0 Å². The molecule has 0 aliphatic carbocycles. The van der Waals surface area contributed by atoms with Crippen molar-refractivity contribution in [3.63, 3.8) is 0 Å². The van der Waals surface area contributed by atoms with Gasteiger partial charge in [0.1, 0.15) is 6.10 Å². The maximum absolute atomic E-state index is 12.0. The standard InChI is InChI=1S/C13H19N3O3/c1-10-3-5-14-13(15-10)11-9-16(6-8-19-11)12(17)4-7-18-2/h3,5,11H,4,6-9H2,1-2H3. The van der Waals surface area contributed by atoms with Gasteiger partial charge in [-0.25, -0.2) is 9.97 Å². The topological polar surface area (TPSA) is 64.5 Å². The van der Waals surface area contributed by atoms with Crippen LogP contribution in [-0.4, -0.2) is 54.2 Å². The molecular formula is C13H19N3O3. The first-order valence-corrected chi connectivity index (χ1v) is 6.38. The molecule has 0 aromatic carbocycles. The van der Waals surface area contributed by atoms with E-state index in [1.807, 2.05) is 13.0 Å². The van der Waals surface area contributed by atoms with E-state index in [4.69, 9.17) is 9.47 Å². The molecule has 0 N–H and O–H groups in total. The van der Waals surface area contributed by atoms with E-state index in [0.29, 0.717) is 38.5 Å². The number of hydrogen-bond acceptors (Lipinski definition) is 5. The number of carbonyl (C=O) groups excluding carboxylic acids is 1. The molecule has 104 valence electrons. The zero-order valence-electron chi connectivity index (χ0n) is 11.3. The summed E-state index contributed by atoms with van der Waals surface area (Å²) in [7, 11) is 1.59. The molecule has 1 saturated heterocycles. The maximum atomic E-state index is 12.0. The van der Waals surface area contributed by atoms with Gasteiger partial charge in [0.2, 0.25) is 5.91 Å². The van der Waals surface area contributed by atoms with Crippen molar-refractivity contribution in [3.05, 3.63) is 23.8 Å². The van der Waals surface area contributed by atoms with Gasteiger partial charge in [0.05, 0.1) is 26.2 Å². The summed E-state index contributed by atoms with van der Waals surface area (Å²) in [5, 5.41) is 0. The smallest absolute Gasteiger partial charge is 0.225 e. The van der Waals surface area contributed by atoms with Gasteiger partial charge in [-0.1, -0.05) is 0 Å². The van der Waals surface area contributed by atoms with E-state index in [1.165, 1.54) is 0 Å². The summed E-state index contributed by atoms with van der Waals surface area (Å²) in [6.45, 7) is 3.99. The summed E-state index contributed by atoms with van der Waals surface area (Å²) in [5.74, 6) is 0.729. The predicted molar refractivity (Wildman–Crippen MR) is 68.5 cm³/mol. The number of carbonyl (C=O) groups is 1. The van der Waals surface area contributed by atoms with Gasteiger partial charge in [-0.15, -0.1) is 0 Å². The van der Waals surface area contributed by atoms with Crippen LogP contribution in [0.2, 0.25) is 0 Å². The van der Waals surface area contributed by atoms with Gasteiger partial charge in [0, 0.05) is 25.5 Å². The third-order valence-corrected chi connectivity index (χ3v) is 3.04. The maximum Gasteiger partial charge on any atom is 0.225 e. The highest BCUT2D eigenvalue weighted by atomic mass is 16.5. The normalized spacial score (nSPS) is 19.5. The summed E-state index contributed by atoms with van der Waals surface area (Å²) < 4.78 is 10.6. The molecule has 1 aromatic heterocycles. The van der Waals surface area contributed by atoms with Gasteiger partial charge in [0.25, 0.3) is 0 Å². The van der Waals surface area contributed by atoms with Crippen LogP contribution >= 0.6 is 0 Å². The predicted octanol–water partition coefficient (Wildman–Crippen LogP) is 0.721. The lowest BCUT2D eigenvalue weighted by Crippen LogP contribution is -2.43. The van der Waals surface area contributed by atoms with Crippen LogP contribution in [0.15, 0.2) is 12.3 Å². The highest BCUT2D eigenvalue weighted by Gasteiger charge is 2.26. The molecule has 1 aromatic rings. The van der Waals surface area contributed by atoms with Gasteiger partial charge in [-0.2, -0.15) is 0 Å². The Morgan fingerprint density at radius 3 is 3.21 bits per heavy atom. The molecule has 19 heavy (non-hydrogen) atoms. The second-order valence-electron chi connectivity index (χ2n) is 4.50. The lowest BCUT2D eigenvalue weighted by atomic mass is 10.2. The first kappa shape index (κ1) is 13.9. The average molecular weight is 265 g/mol. The Kier molecular flexibility index (Phi) is 4.81. The SMILES string of the molecule is COCCC(=O)N1CCOC(c2nccc(C)n2)C1. The second-order valence-corrected chi connectivity index (χ2v) is 4.50. The van der Waals surface area contributed by atoms with Crippen molar-refractivity contribution in [1.82, 2.24) is 14.9 Å². The molecular weight excluding hydrogens is 246 g/mol. The van der Waals surface area contributed by atoms with Crippen molar-refractivity contribution in [2.24, 2.45) is 0 Å². The molecule has 6 nitrogen and oxygen atoms in total. The monoisotopic (exact) mass is 265 g/mol. The Labute approximate surface area is 112 Å². The Morgan fingerprint density at radius 1 is 1.63 bits per heavy atom. The number of aryl methyl sites for hydroxylation is 1. The molecule has 1 amide bonds. The van der Waals surface area contributed by atoms with Crippen molar-refractivity contribution < 1.29 is 14.3 Å². The molecule has 0 saturated carbocycles. The van der Waals surface area contributed by atoms with Gasteiger partial charge in [-0.05, 0) is 13.0 Å². The van der Waals surface area contributed by atoms with Crippen molar-refractivity contribution in [3.8, 4) is 0 Å². The van der Waals surface area contributed by atoms with Gasteiger partial charge >= 0.3 is 0 Å².